The lowest BCUT2D eigenvalue weighted by Gasteiger charge is -2.06. The van der Waals surface area contributed by atoms with Crippen molar-refractivity contribution in [3.8, 4) is 11.8 Å². The molecule has 0 spiro atoms. The molecule has 0 fully saturated rings. The van der Waals surface area contributed by atoms with E-state index in [9.17, 15) is 5.11 Å². The van der Waals surface area contributed by atoms with E-state index in [4.69, 9.17) is 5.73 Å². The summed E-state index contributed by atoms with van der Waals surface area (Å²) in [6, 6.07) is 5.62. The van der Waals surface area contributed by atoms with Crippen LogP contribution in [0.5, 0.6) is 0 Å². The van der Waals surface area contributed by atoms with Crippen molar-refractivity contribution in [2.45, 2.75) is 26.4 Å². The second-order valence-corrected chi connectivity index (χ2v) is 3.94. The Bertz CT molecular complexity index is 371. The first-order valence-electron chi connectivity index (χ1n) is 4.49. The molecular formula is C12H15NO. The number of aryl methyl sites for hydroxylation is 1. The third-order valence-electron chi connectivity index (χ3n) is 1.61. The predicted molar refractivity (Wildman–Crippen MR) is 58.8 cm³/mol. The molecular weight excluding hydrogens is 174 g/mol. The maximum Gasteiger partial charge on any atom is 0.120 e. The minimum atomic E-state index is -0.960. The number of nitrogen functional groups attached to an aromatic ring is 1. The van der Waals surface area contributed by atoms with E-state index in [0.717, 1.165) is 11.1 Å². The first-order chi connectivity index (χ1) is 6.37. The van der Waals surface area contributed by atoms with Gasteiger partial charge >= 0.3 is 0 Å². The van der Waals surface area contributed by atoms with Crippen molar-refractivity contribution in [3.63, 3.8) is 0 Å². The van der Waals surface area contributed by atoms with E-state index in [2.05, 4.69) is 11.8 Å². The largest absolute Gasteiger partial charge is 0.399 e. The van der Waals surface area contributed by atoms with Crippen LogP contribution < -0.4 is 5.73 Å². The summed E-state index contributed by atoms with van der Waals surface area (Å²) in [4.78, 5) is 0. The Kier molecular flexibility index (Phi) is 2.83. The predicted octanol–water partition coefficient (Wildman–Crippen LogP) is 1.70. The van der Waals surface area contributed by atoms with Crippen LogP contribution in [0.2, 0.25) is 0 Å². The Labute approximate surface area is 84.8 Å². The van der Waals surface area contributed by atoms with Crippen molar-refractivity contribution in [1.82, 2.24) is 0 Å². The van der Waals surface area contributed by atoms with Gasteiger partial charge in [0, 0.05) is 11.3 Å². The lowest BCUT2D eigenvalue weighted by Crippen LogP contribution is -2.14. The minimum Gasteiger partial charge on any atom is -0.399 e. The van der Waals surface area contributed by atoms with Crippen LogP contribution >= 0.6 is 0 Å². The highest BCUT2D eigenvalue weighted by Gasteiger charge is 2.05. The molecule has 0 atom stereocenters. The van der Waals surface area contributed by atoms with Gasteiger partial charge in [0.2, 0.25) is 0 Å². The van der Waals surface area contributed by atoms with Crippen LogP contribution in [0.3, 0.4) is 0 Å². The number of benzene rings is 1. The molecule has 74 valence electrons. The number of anilines is 1. The van der Waals surface area contributed by atoms with Gasteiger partial charge in [0.15, 0.2) is 0 Å². The molecule has 0 radical (unpaired) electrons. The molecule has 14 heavy (non-hydrogen) atoms. The maximum atomic E-state index is 9.41. The maximum absolute atomic E-state index is 9.41. The average Bonchev–Trinajstić information content (AvgIpc) is 1.97. The smallest absolute Gasteiger partial charge is 0.120 e. The first kappa shape index (κ1) is 10.6. The number of hydrogen-bond donors (Lipinski definition) is 2. The SMILES string of the molecule is Cc1cc(N)cc(C#CC(C)(C)O)c1. The quantitative estimate of drug-likeness (QED) is 0.482. The zero-order valence-corrected chi connectivity index (χ0v) is 8.76. The summed E-state index contributed by atoms with van der Waals surface area (Å²) in [6.45, 7) is 5.27. The highest BCUT2D eigenvalue weighted by molar-refractivity contribution is 5.50. The van der Waals surface area contributed by atoms with Crippen LogP contribution in [0.4, 0.5) is 5.69 Å². The van der Waals surface area contributed by atoms with E-state index >= 15 is 0 Å². The Balaban J connectivity index is 3.02. The molecule has 0 aliphatic carbocycles. The highest BCUT2D eigenvalue weighted by atomic mass is 16.3. The number of hydrogen-bond acceptors (Lipinski definition) is 2. The van der Waals surface area contributed by atoms with E-state index in [-0.39, 0.29) is 0 Å². The van der Waals surface area contributed by atoms with Gasteiger partial charge in [-0.25, -0.2) is 0 Å². The van der Waals surface area contributed by atoms with E-state index < -0.39 is 5.60 Å². The van der Waals surface area contributed by atoms with E-state index in [1.807, 2.05) is 19.1 Å². The normalized spacial score (nSPS) is 10.6. The van der Waals surface area contributed by atoms with E-state index in [1.54, 1.807) is 19.9 Å². The van der Waals surface area contributed by atoms with Crippen LogP contribution in [0.1, 0.15) is 25.0 Å². The molecule has 0 bridgehead atoms. The van der Waals surface area contributed by atoms with Crippen molar-refractivity contribution in [2.75, 3.05) is 5.73 Å². The van der Waals surface area contributed by atoms with Gasteiger partial charge in [-0.1, -0.05) is 11.8 Å². The van der Waals surface area contributed by atoms with Crippen molar-refractivity contribution < 1.29 is 5.11 Å². The number of aliphatic hydroxyl groups is 1. The molecule has 0 saturated heterocycles. The molecule has 1 aromatic carbocycles. The third-order valence-corrected chi connectivity index (χ3v) is 1.61. The second-order valence-electron chi connectivity index (χ2n) is 3.94. The molecule has 0 aliphatic rings. The van der Waals surface area contributed by atoms with Gasteiger partial charge in [-0.15, -0.1) is 0 Å². The van der Waals surface area contributed by atoms with Gasteiger partial charge in [0.25, 0.3) is 0 Å². The monoisotopic (exact) mass is 189 g/mol. The summed E-state index contributed by atoms with van der Waals surface area (Å²) >= 11 is 0. The molecule has 2 heteroatoms. The molecule has 2 nitrogen and oxygen atoms in total. The van der Waals surface area contributed by atoms with Gasteiger partial charge in [0.1, 0.15) is 5.60 Å². The van der Waals surface area contributed by atoms with Gasteiger partial charge < -0.3 is 10.8 Å². The average molecular weight is 189 g/mol. The number of rotatable bonds is 0. The van der Waals surface area contributed by atoms with Gasteiger partial charge in [-0.3, -0.25) is 0 Å². The Morgan fingerprint density at radius 1 is 1.29 bits per heavy atom. The third kappa shape index (κ3) is 3.51. The first-order valence-corrected chi connectivity index (χ1v) is 4.49. The second kappa shape index (κ2) is 3.73. The van der Waals surface area contributed by atoms with Crippen LogP contribution in [-0.2, 0) is 0 Å². The van der Waals surface area contributed by atoms with Crippen LogP contribution in [0, 0.1) is 18.8 Å². The summed E-state index contributed by atoms with van der Waals surface area (Å²) in [7, 11) is 0. The minimum absolute atomic E-state index is 0.699. The van der Waals surface area contributed by atoms with Crippen molar-refractivity contribution in [1.29, 1.82) is 0 Å². The zero-order chi connectivity index (χ0) is 10.8. The van der Waals surface area contributed by atoms with E-state index in [0.29, 0.717) is 5.69 Å². The molecule has 0 aromatic heterocycles. The molecule has 0 saturated carbocycles. The Morgan fingerprint density at radius 3 is 2.43 bits per heavy atom. The van der Waals surface area contributed by atoms with E-state index in [1.165, 1.54) is 0 Å². The standard InChI is InChI=1S/C12H15NO/c1-9-6-10(8-11(13)7-9)4-5-12(2,3)14/h6-8,14H,13H2,1-3H3. The lowest BCUT2D eigenvalue weighted by atomic mass is 10.1. The molecule has 1 aromatic rings. The lowest BCUT2D eigenvalue weighted by molar-refractivity contribution is 0.143. The molecule has 0 amide bonds. The number of nitrogens with two attached hydrogens (primary N) is 1. The van der Waals surface area contributed by atoms with Gasteiger partial charge in [0.05, 0.1) is 0 Å². The molecule has 1 rings (SSSR count). The zero-order valence-electron chi connectivity index (χ0n) is 8.76. The molecule has 0 unspecified atom stereocenters. The molecule has 0 heterocycles. The molecule has 0 aliphatic heterocycles. The van der Waals surface area contributed by atoms with Crippen molar-refractivity contribution in [3.05, 3.63) is 29.3 Å². The highest BCUT2D eigenvalue weighted by Crippen LogP contribution is 2.10. The van der Waals surface area contributed by atoms with Crippen LogP contribution in [-0.4, -0.2) is 10.7 Å². The summed E-state index contributed by atoms with van der Waals surface area (Å²) in [5.41, 5.74) is 7.32. The fraction of sp³-hybridized carbons (Fsp3) is 0.333. The van der Waals surface area contributed by atoms with Crippen LogP contribution in [0.15, 0.2) is 18.2 Å². The topological polar surface area (TPSA) is 46.2 Å². The summed E-state index contributed by atoms with van der Waals surface area (Å²) in [6.07, 6.45) is 0. The van der Waals surface area contributed by atoms with Crippen molar-refractivity contribution in [2.24, 2.45) is 0 Å². The fourth-order valence-electron chi connectivity index (χ4n) is 1.11. The summed E-state index contributed by atoms with van der Waals surface area (Å²) in [5, 5.41) is 9.41. The summed E-state index contributed by atoms with van der Waals surface area (Å²) < 4.78 is 0. The fourth-order valence-corrected chi connectivity index (χ4v) is 1.11. The summed E-state index contributed by atoms with van der Waals surface area (Å²) in [5.74, 6) is 5.63. The van der Waals surface area contributed by atoms with Crippen molar-refractivity contribution >= 4 is 5.69 Å². The molecule has 3 N–H and O–H groups in total. The Morgan fingerprint density at radius 2 is 1.93 bits per heavy atom. The van der Waals surface area contributed by atoms with Gasteiger partial charge in [-0.05, 0) is 44.5 Å². The Hall–Kier alpha value is -1.46. The van der Waals surface area contributed by atoms with Crippen LogP contribution in [0.25, 0.3) is 0 Å². The van der Waals surface area contributed by atoms with Gasteiger partial charge in [-0.2, -0.15) is 0 Å².